The van der Waals surface area contributed by atoms with Crippen molar-refractivity contribution in [2.24, 2.45) is 0 Å². The van der Waals surface area contributed by atoms with E-state index in [0.29, 0.717) is 0 Å². The largest absolute Gasteiger partial charge is 0.460 e. The van der Waals surface area contributed by atoms with Crippen molar-refractivity contribution in [2.75, 3.05) is 0 Å². The lowest BCUT2D eigenvalue weighted by atomic mass is 9.97. The van der Waals surface area contributed by atoms with Crippen molar-refractivity contribution in [3.8, 4) is 0 Å². The third-order valence-electron chi connectivity index (χ3n) is 2.02. The average molecular weight is 352 g/mol. The summed E-state index contributed by atoms with van der Waals surface area (Å²) >= 11 is 0. The molecule has 0 aromatic carbocycles. The third kappa shape index (κ3) is 2.49. The van der Waals surface area contributed by atoms with Crippen molar-refractivity contribution in [1.82, 2.24) is 0 Å². The number of halogens is 13. The summed E-state index contributed by atoms with van der Waals surface area (Å²) < 4.78 is 158. The molecule has 0 saturated carbocycles. The lowest BCUT2D eigenvalue weighted by molar-refractivity contribution is -0.514. The molecule has 0 heterocycles. The van der Waals surface area contributed by atoms with Crippen LogP contribution in [0.25, 0.3) is 0 Å². The molecule has 0 fully saturated rings. The Hall–Kier alpha value is -0.990. The van der Waals surface area contributed by atoms with E-state index in [2.05, 4.69) is 0 Å². The van der Waals surface area contributed by atoms with E-state index in [4.69, 9.17) is 5.26 Å². The van der Waals surface area contributed by atoms with Crippen LogP contribution in [0, 0.1) is 0 Å². The fourth-order valence-corrected chi connectivity index (χ4v) is 0.812. The van der Waals surface area contributed by atoms with E-state index < -0.39 is 36.0 Å². The van der Waals surface area contributed by atoms with Crippen LogP contribution in [0.2, 0.25) is 0 Å². The van der Waals surface area contributed by atoms with Crippen LogP contribution in [-0.2, 0) is 4.89 Å². The van der Waals surface area contributed by atoms with Gasteiger partial charge in [0.1, 0.15) is 0 Å². The van der Waals surface area contributed by atoms with E-state index in [1.165, 1.54) is 4.89 Å². The van der Waals surface area contributed by atoms with Crippen molar-refractivity contribution in [3.05, 3.63) is 0 Å². The summed E-state index contributed by atoms with van der Waals surface area (Å²) in [6.45, 7) is 0. The van der Waals surface area contributed by atoms with Crippen molar-refractivity contribution < 1.29 is 67.2 Å². The highest BCUT2D eigenvalue weighted by atomic mass is 19.4. The average Bonchev–Trinajstić information content (AvgIpc) is 2.26. The van der Waals surface area contributed by atoms with Crippen molar-refractivity contribution in [2.45, 2.75) is 36.0 Å². The molecule has 0 bridgehead atoms. The predicted molar refractivity (Wildman–Crippen MR) is 34.5 cm³/mol. The SMILES string of the molecule is OOC(F)(F)C(F)(F)C(F)(F)C(F)(F)C(F)(F)C(F)(F)F. The first-order valence-corrected chi connectivity index (χ1v) is 4.09. The molecule has 2 nitrogen and oxygen atoms in total. The maximum atomic E-state index is 12.5. The zero-order valence-electron chi connectivity index (χ0n) is 8.77. The molecule has 0 aliphatic heterocycles. The van der Waals surface area contributed by atoms with E-state index >= 15 is 0 Å². The molecule has 0 atom stereocenters. The predicted octanol–water partition coefficient (Wildman–Crippen LogP) is 4.17. The Morgan fingerprint density at radius 3 is 1.00 bits per heavy atom. The fourth-order valence-electron chi connectivity index (χ4n) is 0.812. The van der Waals surface area contributed by atoms with E-state index in [0.717, 1.165) is 0 Å². The smallest absolute Gasteiger partial charge is 0.246 e. The molecule has 0 amide bonds. The van der Waals surface area contributed by atoms with Gasteiger partial charge < -0.3 is 0 Å². The lowest BCUT2D eigenvalue weighted by Gasteiger charge is -2.38. The van der Waals surface area contributed by atoms with Crippen LogP contribution in [-0.4, -0.2) is 41.2 Å². The molecule has 21 heavy (non-hydrogen) atoms. The minimum atomic E-state index is -8.00. The van der Waals surface area contributed by atoms with Crippen molar-refractivity contribution in [3.63, 3.8) is 0 Å². The standard InChI is InChI=1S/C6HF13O2/c7-1(8,3(11,12)5(15,16)17)2(9,10)4(13,14)6(18,19)21-20/h20H. The summed E-state index contributed by atoms with van der Waals surface area (Å²) in [4.78, 5) is 1.46. The van der Waals surface area contributed by atoms with Crippen LogP contribution in [0.5, 0.6) is 0 Å². The summed E-state index contributed by atoms with van der Waals surface area (Å²) in [5.41, 5.74) is 0. The first-order valence-electron chi connectivity index (χ1n) is 4.09. The molecule has 0 aliphatic rings. The molecular formula is C6HF13O2. The molecule has 128 valence electrons. The molecule has 0 saturated heterocycles. The van der Waals surface area contributed by atoms with E-state index in [1.807, 2.05) is 0 Å². The molecule has 0 unspecified atom stereocenters. The Morgan fingerprint density at radius 2 is 0.762 bits per heavy atom. The summed E-state index contributed by atoms with van der Waals surface area (Å²) in [5.74, 6) is -31.4. The Morgan fingerprint density at radius 1 is 0.476 bits per heavy atom. The highest BCUT2D eigenvalue weighted by molar-refractivity contribution is 5.08. The van der Waals surface area contributed by atoms with Crippen molar-refractivity contribution in [1.29, 1.82) is 0 Å². The molecule has 0 rings (SSSR count). The van der Waals surface area contributed by atoms with Gasteiger partial charge in [0.25, 0.3) is 0 Å². The number of hydrogen-bond acceptors (Lipinski definition) is 2. The molecule has 0 aromatic heterocycles. The van der Waals surface area contributed by atoms with Gasteiger partial charge in [-0.1, -0.05) is 0 Å². The van der Waals surface area contributed by atoms with Gasteiger partial charge in [-0.05, 0) is 0 Å². The van der Waals surface area contributed by atoms with Crippen LogP contribution >= 0.6 is 0 Å². The quantitative estimate of drug-likeness (QED) is 0.457. The van der Waals surface area contributed by atoms with Gasteiger partial charge in [-0.15, -0.1) is 0 Å². The minimum absolute atomic E-state index is 1.46. The first kappa shape index (κ1) is 20.0. The normalized spacial score (nSPS) is 16.3. The second-order valence-corrected chi connectivity index (χ2v) is 3.40. The number of rotatable bonds is 5. The van der Waals surface area contributed by atoms with E-state index in [1.54, 1.807) is 0 Å². The van der Waals surface area contributed by atoms with Gasteiger partial charge in [0.2, 0.25) is 0 Å². The van der Waals surface area contributed by atoms with Gasteiger partial charge in [-0.3, -0.25) is 0 Å². The summed E-state index contributed by atoms with van der Waals surface area (Å²) in [6, 6.07) is 0. The molecule has 0 spiro atoms. The molecule has 0 aliphatic carbocycles. The maximum Gasteiger partial charge on any atom is 0.460 e. The monoisotopic (exact) mass is 352 g/mol. The van der Waals surface area contributed by atoms with E-state index in [9.17, 15) is 57.1 Å². The zero-order valence-corrected chi connectivity index (χ0v) is 8.77. The second-order valence-electron chi connectivity index (χ2n) is 3.40. The van der Waals surface area contributed by atoms with Gasteiger partial charge in [-0.2, -0.15) is 62.0 Å². The van der Waals surface area contributed by atoms with Crippen LogP contribution in [0.1, 0.15) is 0 Å². The van der Waals surface area contributed by atoms with Gasteiger partial charge in [-0.25, -0.2) is 5.26 Å². The molecule has 15 heteroatoms. The van der Waals surface area contributed by atoms with Crippen LogP contribution in [0.15, 0.2) is 0 Å². The Bertz CT molecular complexity index is 383. The highest BCUT2D eigenvalue weighted by Gasteiger charge is 2.91. The Balaban J connectivity index is 6.14. The second kappa shape index (κ2) is 4.76. The first-order chi connectivity index (χ1) is 8.81. The summed E-state index contributed by atoms with van der Waals surface area (Å²) in [6.07, 6.45) is -14.4. The van der Waals surface area contributed by atoms with E-state index in [-0.39, 0.29) is 0 Å². The van der Waals surface area contributed by atoms with Gasteiger partial charge in [0, 0.05) is 0 Å². The van der Waals surface area contributed by atoms with Crippen LogP contribution < -0.4 is 0 Å². The summed E-state index contributed by atoms with van der Waals surface area (Å²) in [7, 11) is 0. The van der Waals surface area contributed by atoms with Crippen molar-refractivity contribution >= 4 is 0 Å². The summed E-state index contributed by atoms with van der Waals surface area (Å²) in [5, 5.41) is 7.20. The van der Waals surface area contributed by atoms with Gasteiger partial charge in [0.05, 0.1) is 0 Å². The third-order valence-corrected chi connectivity index (χ3v) is 2.02. The fraction of sp³-hybridized carbons (Fsp3) is 1.00. The highest BCUT2D eigenvalue weighted by Crippen LogP contribution is 2.60. The Labute approximate surface area is 105 Å². The molecule has 0 radical (unpaired) electrons. The zero-order chi connectivity index (χ0) is 17.7. The lowest BCUT2D eigenvalue weighted by Crippen LogP contribution is -2.70. The van der Waals surface area contributed by atoms with Crippen LogP contribution in [0.4, 0.5) is 57.1 Å². The molecular weight excluding hydrogens is 351 g/mol. The minimum Gasteiger partial charge on any atom is -0.246 e. The number of alkyl halides is 13. The number of hydrogen-bond donors (Lipinski definition) is 1. The Kier molecular flexibility index (Phi) is 4.53. The van der Waals surface area contributed by atoms with Crippen LogP contribution in [0.3, 0.4) is 0 Å². The van der Waals surface area contributed by atoms with Gasteiger partial charge in [0.15, 0.2) is 0 Å². The molecule has 1 N–H and O–H groups in total. The van der Waals surface area contributed by atoms with Gasteiger partial charge >= 0.3 is 36.0 Å². The maximum absolute atomic E-state index is 12.5. The topological polar surface area (TPSA) is 29.5 Å². The molecule has 0 aromatic rings.